The zero-order valence-corrected chi connectivity index (χ0v) is 13.8. The van der Waals surface area contributed by atoms with Gasteiger partial charge in [0.25, 0.3) is 5.56 Å². The van der Waals surface area contributed by atoms with Crippen molar-refractivity contribution >= 4 is 34.1 Å². The number of nitrogens with zero attached hydrogens (tertiary/aromatic N) is 2. The van der Waals surface area contributed by atoms with Crippen molar-refractivity contribution in [3.63, 3.8) is 0 Å². The Morgan fingerprint density at radius 1 is 1.19 bits per heavy atom. The van der Waals surface area contributed by atoms with Crippen LogP contribution in [0.3, 0.4) is 0 Å². The summed E-state index contributed by atoms with van der Waals surface area (Å²) in [6.45, 7) is -0.476. The number of nitrogens with one attached hydrogen (secondary N) is 1. The van der Waals surface area contributed by atoms with Crippen LogP contribution in [-0.4, -0.2) is 15.5 Å². The van der Waals surface area contributed by atoms with Crippen molar-refractivity contribution in [3.05, 3.63) is 69.7 Å². The molecule has 3 aromatic rings. The zero-order valence-electron chi connectivity index (χ0n) is 13.0. The lowest BCUT2D eigenvalue weighted by Gasteiger charge is -2.14. The Labute approximate surface area is 150 Å². The average Bonchev–Trinajstić information content (AvgIpc) is 2.58. The summed E-state index contributed by atoms with van der Waals surface area (Å²) < 4.78 is 40.2. The number of fused-ring (bicyclic) bond motifs is 1. The van der Waals surface area contributed by atoms with E-state index in [0.717, 1.165) is 16.7 Å². The molecule has 0 aliphatic carbocycles. The first-order chi connectivity index (χ1) is 12.3. The molecule has 5 nitrogen and oxygen atoms in total. The van der Waals surface area contributed by atoms with Crippen molar-refractivity contribution < 1.29 is 18.0 Å². The van der Waals surface area contributed by atoms with Gasteiger partial charge in [-0.1, -0.05) is 23.7 Å². The van der Waals surface area contributed by atoms with E-state index in [-0.39, 0.29) is 5.02 Å². The number of rotatable bonds is 3. The second kappa shape index (κ2) is 6.80. The molecule has 1 heterocycles. The van der Waals surface area contributed by atoms with Crippen molar-refractivity contribution in [1.82, 2.24) is 9.55 Å². The van der Waals surface area contributed by atoms with Crippen LogP contribution in [0.25, 0.3) is 10.9 Å². The highest BCUT2D eigenvalue weighted by atomic mass is 35.5. The maximum atomic E-state index is 13.1. The molecule has 0 unspecified atom stereocenters. The summed E-state index contributed by atoms with van der Waals surface area (Å²) in [6.07, 6.45) is -3.51. The highest BCUT2D eigenvalue weighted by molar-refractivity contribution is 6.30. The van der Waals surface area contributed by atoms with Crippen LogP contribution < -0.4 is 10.9 Å². The Bertz CT molecular complexity index is 1050. The third-order valence-corrected chi connectivity index (χ3v) is 3.84. The maximum Gasteiger partial charge on any atom is 0.418 e. The van der Waals surface area contributed by atoms with E-state index in [4.69, 9.17) is 11.6 Å². The lowest BCUT2D eigenvalue weighted by molar-refractivity contribution is -0.137. The molecular weight excluding hydrogens is 371 g/mol. The molecule has 0 radical (unpaired) electrons. The molecule has 0 saturated carbocycles. The number of alkyl halides is 3. The molecule has 134 valence electrons. The molecule has 3 rings (SSSR count). The highest BCUT2D eigenvalue weighted by Gasteiger charge is 2.34. The summed E-state index contributed by atoms with van der Waals surface area (Å²) in [5, 5.41) is 2.37. The monoisotopic (exact) mass is 381 g/mol. The van der Waals surface area contributed by atoms with Gasteiger partial charge in [0.2, 0.25) is 5.91 Å². The van der Waals surface area contributed by atoms with Crippen LogP contribution in [0.5, 0.6) is 0 Å². The summed E-state index contributed by atoms with van der Waals surface area (Å²) in [6, 6.07) is 9.58. The van der Waals surface area contributed by atoms with Gasteiger partial charge >= 0.3 is 6.18 Å². The van der Waals surface area contributed by atoms with Gasteiger partial charge in [0.1, 0.15) is 6.54 Å². The van der Waals surface area contributed by atoms with Crippen molar-refractivity contribution in [2.75, 3.05) is 5.32 Å². The summed E-state index contributed by atoms with van der Waals surface area (Å²) in [5.74, 6) is -0.794. The maximum absolute atomic E-state index is 13.1. The molecule has 0 bridgehead atoms. The molecule has 1 amide bonds. The van der Waals surface area contributed by atoms with Crippen molar-refractivity contribution in [2.45, 2.75) is 12.7 Å². The van der Waals surface area contributed by atoms with Gasteiger partial charge in [0, 0.05) is 5.02 Å². The van der Waals surface area contributed by atoms with E-state index in [9.17, 15) is 22.8 Å². The van der Waals surface area contributed by atoms with Gasteiger partial charge in [-0.2, -0.15) is 13.2 Å². The Balaban J connectivity index is 1.87. The van der Waals surface area contributed by atoms with E-state index in [2.05, 4.69) is 10.3 Å². The van der Waals surface area contributed by atoms with Gasteiger partial charge in [-0.15, -0.1) is 0 Å². The highest BCUT2D eigenvalue weighted by Crippen LogP contribution is 2.36. The number of amides is 1. The van der Waals surface area contributed by atoms with Crippen molar-refractivity contribution in [1.29, 1.82) is 0 Å². The second-order valence-corrected chi connectivity index (χ2v) is 5.87. The van der Waals surface area contributed by atoms with E-state index < -0.39 is 35.4 Å². The smallest absolute Gasteiger partial charge is 0.324 e. The minimum Gasteiger partial charge on any atom is -0.324 e. The molecule has 1 aromatic heterocycles. The van der Waals surface area contributed by atoms with Crippen LogP contribution >= 0.6 is 11.6 Å². The first-order valence-corrected chi connectivity index (χ1v) is 7.74. The minimum atomic E-state index is -4.69. The number of carbonyl (C=O) groups excluding carboxylic acids is 1. The Morgan fingerprint density at radius 3 is 2.65 bits per heavy atom. The third kappa shape index (κ3) is 3.70. The van der Waals surface area contributed by atoms with Gasteiger partial charge in [-0.25, -0.2) is 4.98 Å². The summed E-state index contributed by atoms with van der Waals surface area (Å²) in [7, 11) is 0. The fraction of sp³-hybridized carbons (Fsp3) is 0.118. The molecule has 26 heavy (non-hydrogen) atoms. The predicted molar refractivity (Wildman–Crippen MR) is 91.1 cm³/mol. The number of aromatic nitrogens is 2. The number of halogens is 4. The fourth-order valence-electron chi connectivity index (χ4n) is 2.42. The fourth-order valence-corrected chi connectivity index (χ4v) is 2.60. The largest absolute Gasteiger partial charge is 0.418 e. The lowest BCUT2D eigenvalue weighted by Crippen LogP contribution is -2.28. The van der Waals surface area contributed by atoms with Crippen LogP contribution in [0, 0.1) is 0 Å². The van der Waals surface area contributed by atoms with Gasteiger partial charge in [-0.3, -0.25) is 14.2 Å². The summed E-state index contributed by atoms with van der Waals surface area (Å²) in [5.41, 5.74) is -1.50. The van der Waals surface area contributed by atoms with Crippen LogP contribution in [0.2, 0.25) is 5.02 Å². The van der Waals surface area contributed by atoms with Gasteiger partial charge in [0.15, 0.2) is 0 Å². The van der Waals surface area contributed by atoms with Crippen molar-refractivity contribution in [3.8, 4) is 0 Å². The number of benzene rings is 2. The van der Waals surface area contributed by atoms with E-state index in [1.54, 1.807) is 24.3 Å². The number of carbonyl (C=O) groups is 1. The van der Waals surface area contributed by atoms with E-state index in [1.807, 2.05) is 0 Å². The molecule has 0 atom stereocenters. The topological polar surface area (TPSA) is 64.0 Å². The van der Waals surface area contributed by atoms with Crippen LogP contribution in [-0.2, 0) is 17.5 Å². The molecule has 2 aromatic carbocycles. The minimum absolute atomic E-state index is 0.106. The second-order valence-electron chi connectivity index (χ2n) is 5.43. The number of anilines is 1. The van der Waals surface area contributed by atoms with Gasteiger partial charge in [0.05, 0.1) is 28.5 Å². The van der Waals surface area contributed by atoms with Crippen LogP contribution in [0.1, 0.15) is 5.56 Å². The molecule has 0 fully saturated rings. The normalized spacial score (nSPS) is 11.5. The quantitative estimate of drug-likeness (QED) is 0.752. The number of hydrogen-bond acceptors (Lipinski definition) is 3. The molecule has 0 aliphatic rings. The number of hydrogen-bond donors (Lipinski definition) is 1. The lowest BCUT2D eigenvalue weighted by atomic mass is 10.1. The molecule has 0 spiro atoms. The Hall–Kier alpha value is -2.87. The van der Waals surface area contributed by atoms with Gasteiger partial charge in [-0.05, 0) is 30.3 Å². The van der Waals surface area contributed by atoms with E-state index in [1.165, 1.54) is 12.4 Å². The molecule has 0 saturated heterocycles. The predicted octanol–water partition coefficient (Wildman–Crippen LogP) is 3.71. The number of para-hydroxylation sites is 1. The van der Waals surface area contributed by atoms with E-state index in [0.29, 0.717) is 10.9 Å². The molecule has 1 N–H and O–H groups in total. The Kier molecular flexibility index (Phi) is 4.69. The van der Waals surface area contributed by atoms with Crippen molar-refractivity contribution in [2.24, 2.45) is 0 Å². The Morgan fingerprint density at radius 2 is 1.92 bits per heavy atom. The molecule has 9 heteroatoms. The third-order valence-electron chi connectivity index (χ3n) is 3.61. The first kappa shape index (κ1) is 17.9. The molecular formula is C17H11ClF3N3O2. The first-order valence-electron chi connectivity index (χ1n) is 7.36. The standard InChI is InChI=1S/C17H11ClF3N3O2/c18-10-5-6-14(12(7-10)17(19,20)21)23-15(25)8-24-9-22-13-4-2-1-3-11(13)16(24)26/h1-7,9H,8H2,(H,23,25). The SMILES string of the molecule is O=C(Cn1cnc2ccccc2c1=O)Nc1ccc(Cl)cc1C(F)(F)F. The zero-order chi connectivity index (χ0) is 18.9. The summed E-state index contributed by atoms with van der Waals surface area (Å²) in [4.78, 5) is 28.5. The summed E-state index contributed by atoms with van der Waals surface area (Å²) >= 11 is 5.60. The molecule has 0 aliphatic heterocycles. The average molecular weight is 382 g/mol. The van der Waals surface area contributed by atoms with Crippen LogP contribution in [0.15, 0.2) is 53.6 Å². The van der Waals surface area contributed by atoms with E-state index >= 15 is 0 Å². The van der Waals surface area contributed by atoms with Crippen LogP contribution in [0.4, 0.5) is 18.9 Å². The van der Waals surface area contributed by atoms with Gasteiger partial charge < -0.3 is 5.32 Å².